The van der Waals surface area contributed by atoms with Crippen molar-refractivity contribution in [3.05, 3.63) is 71.8 Å². The maximum Gasteiger partial charge on any atom is 0.223 e. The number of amides is 1. The van der Waals surface area contributed by atoms with Gasteiger partial charge in [-0.2, -0.15) is 0 Å². The fourth-order valence-corrected chi connectivity index (χ4v) is 3.62. The van der Waals surface area contributed by atoms with E-state index in [0.717, 1.165) is 11.6 Å². The van der Waals surface area contributed by atoms with Crippen LogP contribution in [0.4, 0.5) is 8.78 Å². The molecule has 162 valence electrons. The van der Waals surface area contributed by atoms with Crippen LogP contribution in [0, 0.1) is 18.6 Å². The van der Waals surface area contributed by atoms with Crippen LogP contribution in [-0.4, -0.2) is 35.0 Å². The number of oxazole rings is 1. The van der Waals surface area contributed by atoms with Crippen molar-refractivity contribution in [1.29, 1.82) is 0 Å². The molecule has 4 rings (SSSR count). The molecule has 1 amide bonds. The summed E-state index contributed by atoms with van der Waals surface area (Å²) in [5, 5.41) is 0. The zero-order valence-electron chi connectivity index (χ0n) is 17.3. The summed E-state index contributed by atoms with van der Waals surface area (Å²) in [7, 11) is 0. The van der Waals surface area contributed by atoms with Gasteiger partial charge < -0.3 is 14.1 Å². The molecule has 1 aliphatic heterocycles. The van der Waals surface area contributed by atoms with E-state index in [2.05, 4.69) is 4.98 Å². The van der Waals surface area contributed by atoms with Gasteiger partial charge in [-0.3, -0.25) is 4.79 Å². The Kier molecular flexibility index (Phi) is 6.30. The van der Waals surface area contributed by atoms with Gasteiger partial charge in [0.2, 0.25) is 5.91 Å². The summed E-state index contributed by atoms with van der Waals surface area (Å²) >= 11 is 0. The molecule has 2 aromatic carbocycles. The SMILES string of the molecule is Cc1ccc(-c2cnc(CCC(=O)N3CCC(Oc4ccc(F)cc4F)CC3)o2)cc1. The van der Waals surface area contributed by atoms with E-state index in [1.54, 1.807) is 11.1 Å². The maximum absolute atomic E-state index is 13.8. The lowest BCUT2D eigenvalue weighted by Gasteiger charge is -2.32. The third-order valence-corrected chi connectivity index (χ3v) is 5.42. The highest BCUT2D eigenvalue weighted by Gasteiger charge is 2.25. The quantitative estimate of drug-likeness (QED) is 0.561. The molecule has 1 aromatic heterocycles. The van der Waals surface area contributed by atoms with Crippen molar-refractivity contribution >= 4 is 5.91 Å². The minimum absolute atomic E-state index is 0.0292. The van der Waals surface area contributed by atoms with E-state index in [1.807, 2.05) is 31.2 Å². The lowest BCUT2D eigenvalue weighted by atomic mass is 10.1. The van der Waals surface area contributed by atoms with Gasteiger partial charge in [0.05, 0.1) is 6.20 Å². The van der Waals surface area contributed by atoms with Gasteiger partial charge in [-0.1, -0.05) is 29.8 Å². The Labute approximate surface area is 179 Å². The van der Waals surface area contributed by atoms with Gasteiger partial charge in [0.1, 0.15) is 11.9 Å². The number of ether oxygens (including phenoxy) is 1. The second-order valence-corrected chi connectivity index (χ2v) is 7.76. The van der Waals surface area contributed by atoms with E-state index in [9.17, 15) is 13.6 Å². The zero-order valence-corrected chi connectivity index (χ0v) is 17.3. The second-order valence-electron chi connectivity index (χ2n) is 7.76. The van der Waals surface area contributed by atoms with E-state index >= 15 is 0 Å². The van der Waals surface area contributed by atoms with Gasteiger partial charge in [0, 0.05) is 50.4 Å². The van der Waals surface area contributed by atoms with Gasteiger partial charge in [-0.05, 0) is 19.1 Å². The fraction of sp³-hybridized carbons (Fsp3) is 0.333. The van der Waals surface area contributed by atoms with E-state index < -0.39 is 11.6 Å². The highest BCUT2D eigenvalue weighted by Crippen LogP contribution is 2.24. The van der Waals surface area contributed by atoms with Crippen LogP contribution >= 0.6 is 0 Å². The Hall–Kier alpha value is -3.22. The predicted molar refractivity (Wildman–Crippen MR) is 112 cm³/mol. The molecule has 0 atom stereocenters. The molecular weight excluding hydrogens is 402 g/mol. The molecule has 0 N–H and O–H groups in total. The van der Waals surface area contributed by atoms with Crippen LogP contribution in [0.3, 0.4) is 0 Å². The van der Waals surface area contributed by atoms with Crippen molar-refractivity contribution in [1.82, 2.24) is 9.88 Å². The molecule has 5 nitrogen and oxygen atoms in total. The lowest BCUT2D eigenvalue weighted by molar-refractivity contribution is -0.133. The van der Waals surface area contributed by atoms with Crippen LogP contribution < -0.4 is 4.74 Å². The first-order chi connectivity index (χ1) is 15.0. The molecule has 31 heavy (non-hydrogen) atoms. The Morgan fingerprint density at radius 1 is 1.16 bits per heavy atom. The summed E-state index contributed by atoms with van der Waals surface area (Å²) in [5.41, 5.74) is 2.13. The van der Waals surface area contributed by atoms with Gasteiger partial charge in [-0.15, -0.1) is 0 Å². The average molecular weight is 426 g/mol. The molecule has 1 fully saturated rings. The van der Waals surface area contributed by atoms with Crippen molar-refractivity contribution in [2.45, 2.75) is 38.7 Å². The van der Waals surface area contributed by atoms with Crippen molar-refractivity contribution in [3.8, 4) is 17.1 Å². The summed E-state index contributed by atoms with van der Waals surface area (Å²) in [6, 6.07) is 11.3. The molecule has 0 saturated carbocycles. The molecule has 7 heteroatoms. The number of hydrogen-bond donors (Lipinski definition) is 0. The number of aromatic nitrogens is 1. The number of hydrogen-bond acceptors (Lipinski definition) is 4. The van der Waals surface area contributed by atoms with Crippen LogP contribution in [0.15, 0.2) is 53.1 Å². The second kappa shape index (κ2) is 9.29. The summed E-state index contributed by atoms with van der Waals surface area (Å²) in [6.07, 6.45) is 3.42. The average Bonchev–Trinajstić information content (AvgIpc) is 3.24. The first-order valence-corrected chi connectivity index (χ1v) is 10.4. The Balaban J connectivity index is 1.24. The molecule has 2 heterocycles. The first kappa shape index (κ1) is 21.0. The van der Waals surface area contributed by atoms with Crippen molar-refractivity contribution in [2.24, 2.45) is 0 Å². The number of carbonyl (C=O) groups excluding carboxylic acids is 1. The Morgan fingerprint density at radius 2 is 1.90 bits per heavy atom. The van der Waals surface area contributed by atoms with Gasteiger partial charge >= 0.3 is 0 Å². The predicted octanol–water partition coefficient (Wildman–Crippen LogP) is 4.93. The summed E-state index contributed by atoms with van der Waals surface area (Å²) in [6.45, 7) is 3.09. The lowest BCUT2D eigenvalue weighted by Crippen LogP contribution is -2.41. The largest absolute Gasteiger partial charge is 0.487 e. The third kappa shape index (κ3) is 5.29. The number of aryl methyl sites for hydroxylation is 2. The topological polar surface area (TPSA) is 55.6 Å². The number of benzene rings is 2. The molecule has 0 spiro atoms. The van der Waals surface area contributed by atoms with E-state index in [0.29, 0.717) is 50.4 Å². The minimum Gasteiger partial charge on any atom is -0.487 e. The summed E-state index contributed by atoms with van der Waals surface area (Å²) in [5.74, 6) is -0.0555. The van der Waals surface area contributed by atoms with Crippen molar-refractivity contribution in [2.75, 3.05) is 13.1 Å². The number of halogens is 2. The van der Waals surface area contributed by atoms with Crippen LogP contribution in [0.5, 0.6) is 5.75 Å². The van der Waals surface area contributed by atoms with Crippen LogP contribution in [0.2, 0.25) is 0 Å². The highest BCUT2D eigenvalue weighted by atomic mass is 19.1. The number of carbonyl (C=O) groups is 1. The van der Waals surface area contributed by atoms with Crippen LogP contribution in [0.25, 0.3) is 11.3 Å². The summed E-state index contributed by atoms with van der Waals surface area (Å²) < 4.78 is 38.2. The standard InChI is InChI=1S/C24H24F2N2O3/c1-16-2-4-17(5-3-16)22-15-27-23(31-22)8-9-24(29)28-12-10-19(11-13-28)30-21-7-6-18(25)14-20(21)26/h2-7,14-15,19H,8-13H2,1H3. The minimum atomic E-state index is -0.713. The molecule has 0 aliphatic carbocycles. The highest BCUT2D eigenvalue weighted by molar-refractivity contribution is 5.76. The maximum atomic E-state index is 13.8. The molecular formula is C24H24F2N2O3. The Morgan fingerprint density at radius 3 is 2.61 bits per heavy atom. The van der Waals surface area contributed by atoms with Crippen LogP contribution in [-0.2, 0) is 11.2 Å². The summed E-state index contributed by atoms with van der Waals surface area (Å²) in [4.78, 5) is 18.6. The Bertz CT molecular complexity index is 1040. The van der Waals surface area contributed by atoms with Gasteiger partial charge in [0.15, 0.2) is 23.2 Å². The normalized spacial score (nSPS) is 14.6. The van der Waals surface area contributed by atoms with Gasteiger partial charge in [-0.25, -0.2) is 13.8 Å². The number of likely N-dealkylation sites (tertiary alicyclic amines) is 1. The fourth-order valence-electron chi connectivity index (χ4n) is 3.62. The molecule has 1 saturated heterocycles. The first-order valence-electron chi connectivity index (χ1n) is 10.4. The van der Waals surface area contributed by atoms with Crippen molar-refractivity contribution in [3.63, 3.8) is 0 Å². The van der Waals surface area contributed by atoms with E-state index in [1.165, 1.54) is 17.7 Å². The smallest absolute Gasteiger partial charge is 0.223 e. The van der Waals surface area contributed by atoms with E-state index in [-0.39, 0.29) is 17.8 Å². The molecule has 0 radical (unpaired) electrons. The van der Waals surface area contributed by atoms with Crippen LogP contribution in [0.1, 0.15) is 30.7 Å². The van der Waals surface area contributed by atoms with Crippen molar-refractivity contribution < 1.29 is 22.7 Å². The molecule has 1 aliphatic rings. The molecule has 0 bridgehead atoms. The van der Waals surface area contributed by atoms with Gasteiger partial charge in [0.25, 0.3) is 0 Å². The number of rotatable bonds is 6. The van der Waals surface area contributed by atoms with E-state index in [4.69, 9.17) is 9.15 Å². The number of piperidine rings is 1. The number of nitrogens with zero attached hydrogens (tertiary/aromatic N) is 2. The molecule has 3 aromatic rings. The molecule has 0 unspecified atom stereocenters. The zero-order chi connectivity index (χ0) is 21.8. The monoisotopic (exact) mass is 426 g/mol. The third-order valence-electron chi connectivity index (χ3n) is 5.42.